The zero-order valence-electron chi connectivity index (χ0n) is 14.2. The minimum atomic E-state index is -0.259. The van der Waals surface area contributed by atoms with Crippen LogP contribution < -0.4 is 9.54 Å². The Morgan fingerprint density at radius 1 is 1.20 bits per heavy atom. The lowest BCUT2D eigenvalue weighted by atomic mass is 10.2. The fraction of sp³-hybridized carbons (Fsp3) is 0.263. The maximum absolute atomic E-state index is 12.5. The van der Waals surface area contributed by atoms with Crippen LogP contribution in [-0.4, -0.2) is 17.1 Å². The number of nitrogens with zero attached hydrogens (tertiary/aromatic N) is 2. The molecule has 4 nitrogen and oxygen atoms in total. The standard InChI is InChI=1S/C19H19ClN2O2S/c1-3-11-22-16-10-7-14(20)12-17(16)25-19(22)21-18(23)13-5-8-15(9-6-13)24-4-2/h5-10,12H,3-4,11H2,1-2H3. The van der Waals surface area contributed by atoms with Crippen LogP contribution in [0.15, 0.2) is 47.5 Å². The minimum Gasteiger partial charge on any atom is -0.494 e. The summed E-state index contributed by atoms with van der Waals surface area (Å²) >= 11 is 7.57. The molecule has 3 rings (SSSR count). The average molecular weight is 375 g/mol. The van der Waals surface area contributed by atoms with Gasteiger partial charge in [-0.05, 0) is 55.8 Å². The van der Waals surface area contributed by atoms with Crippen LogP contribution in [0.3, 0.4) is 0 Å². The van der Waals surface area contributed by atoms with Crippen LogP contribution in [0.5, 0.6) is 5.75 Å². The number of halogens is 1. The molecule has 2 aromatic carbocycles. The maximum Gasteiger partial charge on any atom is 0.279 e. The van der Waals surface area contributed by atoms with Crippen molar-refractivity contribution < 1.29 is 9.53 Å². The van der Waals surface area contributed by atoms with Gasteiger partial charge in [-0.25, -0.2) is 0 Å². The molecule has 0 unspecified atom stereocenters. The van der Waals surface area contributed by atoms with E-state index in [4.69, 9.17) is 16.3 Å². The molecule has 3 aromatic rings. The molecule has 1 aromatic heterocycles. The third-order valence-corrected chi connectivity index (χ3v) is 4.98. The van der Waals surface area contributed by atoms with Crippen LogP contribution in [0, 0.1) is 0 Å². The van der Waals surface area contributed by atoms with Crippen molar-refractivity contribution in [2.75, 3.05) is 6.61 Å². The number of carbonyl (C=O) groups is 1. The number of benzene rings is 2. The minimum absolute atomic E-state index is 0.259. The van der Waals surface area contributed by atoms with Crippen molar-refractivity contribution in [3.05, 3.63) is 57.9 Å². The number of ether oxygens (including phenoxy) is 1. The largest absolute Gasteiger partial charge is 0.494 e. The molecule has 0 N–H and O–H groups in total. The quantitative estimate of drug-likeness (QED) is 0.637. The SMILES string of the molecule is CCCn1c(=NC(=O)c2ccc(OCC)cc2)sc2cc(Cl)ccc21. The zero-order chi connectivity index (χ0) is 17.8. The number of rotatable bonds is 5. The lowest BCUT2D eigenvalue weighted by Crippen LogP contribution is -2.16. The first kappa shape index (κ1) is 17.7. The topological polar surface area (TPSA) is 43.6 Å². The second kappa shape index (κ2) is 7.85. The van der Waals surface area contributed by atoms with Crippen LogP contribution in [0.1, 0.15) is 30.6 Å². The highest BCUT2D eigenvalue weighted by molar-refractivity contribution is 7.16. The van der Waals surface area contributed by atoms with Crippen LogP contribution in [0.4, 0.5) is 0 Å². The first-order valence-corrected chi connectivity index (χ1v) is 9.42. The lowest BCUT2D eigenvalue weighted by Gasteiger charge is -2.03. The van der Waals surface area contributed by atoms with Gasteiger partial charge in [-0.15, -0.1) is 0 Å². The van der Waals surface area contributed by atoms with Gasteiger partial charge in [0.2, 0.25) is 0 Å². The molecule has 0 spiro atoms. The van der Waals surface area contributed by atoms with Gasteiger partial charge in [-0.3, -0.25) is 4.79 Å². The Morgan fingerprint density at radius 3 is 2.64 bits per heavy atom. The molecule has 130 valence electrons. The molecule has 0 radical (unpaired) electrons. The normalized spacial score (nSPS) is 11.9. The monoisotopic (exact) mass is 374 g/mol. The Bertz CT molecular complexity index is 958. The summed E-state index contributed by atoms with van der Waals surface area (Å²) in [6.07, 6.45) is 0.957. The molecule has 0 atom stereocenters. The van der Waals surface area contributed by atoms with Gasteiger partial charge in [0.25, 0.3) is 5.91 Å². The smallest absolute Gasteiger partial charge is 0.279 e. The Balaban J connectivity index is 2.01. The highest BCUT2D eigenvalue weighted by atomic mass is 35.5. The molecule has 1 heterocycles. The van der Waals surface area contributed by atoms with Crippen LogP contribution in [0.25, 0.3) is 10.2 Å². The van der Waals surface area contributed by atoms with Crippen molar-refractivity contribution in [2.24, 2.45) is 4.99 Å². The van der Waals surface area contributed by atoms with Gasteiger partial charge in [0.1, 0.15) is 5.75 Å². The number of amides is 1. The molecular weight excluding hydrogens is 356 g/mol. The highest BCUT2D eigenvalue weighted by Gasteiger charge is 2.09. The molecule has 0 aliphatic heterocycles. The summed E-state index contributed by atoms with van der Waals surface area (Å²) in [5.74, 6) is 0.488. The summed E-state index contributed by atoms with van der Waals surface area (Å²) in [4.78, 5) is 17.6. The van der Waals surface area contributed by atoms with Crippen molar-refractivity contribution in [3.63, 3.8) is 0 Å². The molecule has 0 bridgehead atoms. The van der Waals surface area contributed by atoms with Crippen LogP contribution in [-0.2, 0) is 6.54 Å². The van der Waals surface area contributed by atoms with Crippen LogP contribution in [0.2, 0.25) is 5.02 Å². The summed E-state index contributed by atoms with van der Waals surface area (Å²) in [5, 5.41) is 0.682. The van der Waals surface area contributed by atoms with Gasteiger partial charge >= 0.3 is 0 Å². The van der Waals surface area contributed by atoms with E-state index in [-0.39, 0.29) is 5.91 Å². The van der Waals surface area contributed by atoms with Gasteiger partial charge in [0.05, 0.1) is 16.8 Å². The number of aryl methyl sites for hydroxylation is 1. The molecule has 25 heavy (non-hydrogen) atoms. The van der Waals surface area contributed by atoms with Crippen LogP contribution >= 0.6 is 22.9 Å². The zero-order valence-corrected chi connectivity index (χ0v) is 15.7. The number of hydrogen-bond donors (Lipinski definition) is 0. The predicted molar refractivity (Wildman–Crippen MR) is 103 cm³/mol. The first-order valence-electron chi connectivity index (χ1n) is 8.23. The fourth-order valence-corrected chi connectivity index (χ4v) is 3.91. The highest BCUT2D eigenvalue weighted by Crippen LogP contribution is 2.22. The van der Waals surface area contributed by atoms with E-state index in [0.29, 0.717) is 22.0 Å². The number of hydrogen-bond acceptors (Lipinski definition) is 3. The second-order valence-electron chi connectivity index (χ2n) is 5.52. The second-order valence-corrected chi connectivity index (χ2v) is 6.97. The average Bonchev–Trinajstić information content (AvgIpc) is 2.92. The van der Waals surface area contributed by atoms with E-state index in [0.717, 1.165) is 28.9 Å². The van der Waals surface area contributed by atoms with Crippen molar-refractivity contribution in [2.45, 2.75) is 26.8 Å². The molecule has 0 aliphatic carbocycles. The predicted octanol–water partition coefficient (Wildman–Crippen LogP) is 4.91. The van der Waals surface area contributed by atoms with E-state index in [9.17, 15) is 4.79 Å². The summed E-state index contributed by atoms with van der Waals surface area (Å²) in [5.41, 5.74) is 1.59. The Kier molecular flexibility index (Phi) is 5.56. The van der Waals surface area contributed by atoms with Crippen molar-refractivity contribution in [1.82, 2.24) is 4.57 Å². The van der Waals surface area contributed by atoms with Gasteiger partial charge in [-0.1, -0.05) is 29.9 Å². The molecule has 0 aliphatic rings. The molecular formula is C19H19ClN2O2S. The van der Waals surface area contributed by atoms with Crippen molar-refractivity contribution >= 4 is 39.1 Å². The summed E-state index contributed by atoms with van der Waals surface area (Å²) < 4.78 is 8.50. The summed E-state index contributed by atoms with van der Waals surface area (Å²) in [6.45, 7) is 5.43. The number of fused-ring (bicyclic) bond motifs is 1. The molecule has 0 saturated carbocycles. The van der Waals surface area contributed by atoms with Crippen molar-refractivity contribution in [1.29, 1.82) is 0 Å². The molecule has 0 fully saturated rings. The van der Waals surface area contributed by atoms with E-state index in [1.165, 1.54) is 11.3 Å². The van der Waals surface area contributed by atoms with E-state index < -0.39 is 0 Å². The number of thiazole rings is 1. The van der Waals surface area contributed by atoms with E-state index in [1.54, 1.807) is 24.3 Å². The Morgan fingerprint density at radius 2 is 1.96 bits per heavy atom. The first-order chi connectivity index (χ1) is 12.1. The molecule has 0 saturated heterocycles. The van der Waals surface area contributed by atoms with Crippen molar-refractivity contribution in [3.8, 4) is 5.75 Å². The number of aromatic nitrogens is 1. The van der Waals surface area contributed by atoms with E-state index in [1.807, 2.05) is 25.1 Å². The van der Waals surface area contributed by atoms with E-state index >= 15 is 0 Å². The van der Waals surface area contributed by atoms with Gasteiger partial charge < -0.3 is 9.30 Å². The third kappa shape index (κ3) is 3.94. The molecule has 1 amide bonds. The van der Waals surface area contributed by atoms with Gasteiger partial charge in [0.15, 0.2) is 4.80 Å². The number of carbonyl (C=O) groups excluding carboxylic acids is 1. The van der Waals surface area contributed by atoms with Gasteiger partial charge in [0, 0.05) is 17.1 Å². The van der Waals surface area contributed by atoms with Gasteiger partial charge in [-0.2, -0.15) is 4.99 Å². The summed E-state index contributed by atoms with van der Waals surface area (Å²) in [7, 11) is 0. The maximum atomic E-state index is 12.5. The Hall–Kier alpha value is -2.11. The lowest BCUT2D eigenvalue weighted by molar-refractivity contribution is 0.0998. The third-order valence-electron chi connectivity index (χ3n) is 3.70. The summed E-state index contributed by atoms with van der Waals surface area (Å²) in [6, 6.07) is 12.8. The Labute approximate surface area is 155 Å². The van der Waals surface area contributed by atoms with E-state index in [2.05, 4.69) is 16.5 Å². The molecule has 6 heteroatoms. The fourth-order valence-electron chi connectivity index (χ4n) is 2.58.